The molecule has 0 spiro atoms. The molecule has 10 heteroatoms. The summed E-state index contributed by atoms with van der Waals surface area (Å²) in [5.74, 6) is 1.36. The monoisotopic (exact) mass is 388 g/mol. The lowest BCUT2D eigenvalue weighted by molar-refractivity contribution is 0.0682. The summed E-state index contributed by atoms with van der Waals surface area (Å²) in [6.45, 7) is 4.13. The molecule has 0 bridgehead atoms. The molecule has 9 nitrogen and oxygen atoms in total. The van der Waals surface area contributed by atoms with Gasteiger partial charge in [-0.05, 0) is 19.9 Å². The van der Waals surface area contributed by atoms with Crippen molar-refractivity contribution in [3.63, 3.8) is 0 Å². The Kier molecular flexibility index (Phi) is 4.90. The van der Waals surface area contributed by atoms with E-state index in [1.807, 2.05) is 26.0 Å². The van der Waals surface area contributed by atoms with Gasteiger partial charge in [0.25, 0.3) is 0 Å². The van der Waals surface area contributed by atoms with Crippen molar-refractivity contribution in [1.29, 1.82) is 0 Å². The molecule has 1 fully saturated rings. The van der Waals surface area contributed by atoms with E-state index in [0.29, 0.717) is 24.7 Å². The topological polar surface area (TPSA) is 114 Å². The molecular formula is C17H20N6O3S. The molecule has 1 amide bonds. The number of pyridine rings is 1. The number of carbonyl (C=O) groups is 1. The van der Waals surface area contributed by atoms with Gasteiger partial charge in [0.2, 0.25) is 0 Å². The third kappa shape index (κ3) is 4.01. The molecule has 27 heavy (non-hydrogen) atoms. The fourth-order valence-corrected chi connectivity index (χ4v) is 3.61. The number of amides is 1. The van der Waals surface area contributed by atoms with Gasteiger partial charge in [-0.3, -0.25) is 5.10 Å². The summed E-state index contributed by atoms with van der Waals surface area (Å²) in [5, 5.41) is 13.2. The Balaban J connectivity index is 1.38. The average Bonchev–Trinajstić information content (AvgIpc) is 3.33. The molecule has 1 saturated heterocycles. The first-order valence-electron chi connectivity index (χ1n) is 8.68. The zero-order valence-electron chi connectivity index (χ0n) is 14.9. The highest BCUT2D eigenvalue weighted by atomic mass is 32.1. The smallest absolute Gasteiger partial charge is 0.407 e. The summed E-state index contributed by atoms with van der Waals surface area (Å²) >= 11 is 1.52. The molecule has 3 aromatic heterocycles. The summed E-state index contributed by atoms with van der Waals surface area (Å²) in [4.78, 5) is 20.4. The van der Waals surface area contributed by atoms with Gasteiger partial charge in [0.1, 0.15) is 12.2 Å². The summed E-state index contributed by atoms with van der Waals surface area (Å²) in [6, 6.07) is 3.78. The number of carbonyl (C=O) groups excluding carboxylic acids is 1. The first-order valence-corrected chi connectivity index (χ1v) is 9.55. The van der Waals surface area contributed by atoms with Crippen molar-refractivity contribution in [2.45, 2.75) is 38.5 Å². The maximum Gasteiger partial charge on any atom is 0.407 e. The van der Waals surface area contributed by atoms with Crippen LogP contribution in [0.4, 0.5) is 16.4 Å². The minimum atomic E-state index is -0.421. The van der Waals surface area contributed by atoms with Gasteiger partial charge in [0.05, 0.1) is 28.0 Å². The number of aromatic nitrogens is 4. The minimum absolute atomic E-state index is 0.0356. The number of alkyl carbamates (subject to hydrolysis) is 1. The first kappa shape index (κ1) is 17.7. The van der Waals surface area contributed by atoms with Crippen molar-refractivity contribution < 1.29 is 14.3 Å². The largest absolute Gasteiger partial charge is 0.444 e. The minimum Gasteiger partial charge on any atom is -0.444 e. The number of hydrogen-bond donors (Lipinski definition) is 3. The number of hydrogen-bond acceptors (Lipinski definition) is 8. The number of rotatable bonds is 5. The molecule has 2 atom stereocenters. The fraction of sp³-hybridized carbons (Fsp3) is 0.412. The van der Waals surface area contributed by atoms with Crippen molar-refractivity contribution in [3.05, 3.63) is 29.5 Å². The van der Waals surface area contributed by atoms with Crippen LogP contribution in [-0.4, -0.2) is 45.0 Å². The predicted molar refractivity (Wildman–Crippen MR) is 101 cm³/mol. The molecular weight excluding hydrogens is 368 g/mol. The quantitative estimate of drug-likeness (QED) is 0.615. The van der Waals surface area contributed by atoms with E-state index in [-0.39, 0.29) is 18.2 Å². The zero-order chi connectivity index (χ0) is 18.8. The van der Waals surface area contributed by atoms with Crippen molar-refractivity contribution >= 4 is 39.3 Å². The number of nitrogens with zero attached hydrogens (tertiary/aromatic N) is 3. The van der Waals surface area contributed by atoms with Crippen LogP contribution >= 0.6 is 11.3 Å². The van der Waals surface area contributed by atoms with Crippen LogP contribution in [0.25, 0.3) is 10.2 Å². The van der Waals surface area contributed by atoms with Crippen LogP contribution in [0.1, 0.15) is 32.1 Å². The number of anilines is 2. The second kappa shape index (κ2) is 7.49. The lowest BCUT2D eigenvalue weighted by Crippen LogP contribution is -2.33. The second-order valence-corrected chi connectivity index (χ2v) is 7.43. The first-order chi connectivity index (χ1) is 13.1. The van der Waals surface area contributed by atoms with E-state index in [1.54, 1.807) is 11.7 Å². The summed E-state index contributed by atoms with van der Waals surface area (Å²) < 4.78 is 12.1. The molecule has 0 aromatic carbocycles. The lowest BCUT2D eigenvalue weighted by atomic mass is 10.1. The van der Waals surface area contributed by atoms with Crippen molar-refractivity contribution in [3.8, 4) is 0 Å². The Morgan fingerprint density at radius 3 is 3.19 bits per heavy atom. The molecule has 0 unspecified atom stereocenters. The van der Waals surface area contributed by atoms with Crippen LogP contribution < -0.4 is 10.6 Å². The number of ether oxygens (including phenoxy) is 2. The molecule has 0 aliphatic carbocycles. The molecule has 142 valence electrons. The van der Waals surface area contributed by atoms with Crippen LogP contribution in [-0.2, 0) is 9.47 Å². The van der Waals surface area contributed by atoms with Crippen molar-refractivity contribution in [1.82, 2.24) is 25.5 Å². The Labute approximate surface area is 159 Å². The van der Waals surface area contributed by atoms with Gasteiger partial charge in [0, 0.05) is 24.7 Å². The molecule has 3 aromatic rings. The second-order valence-electron chi connectivity index (χ2n) is 6.58. The highest BCUT2D eigenvalue weighted by Gasteiger charge is 2.31. The molecule has 1 aliphatic rings. The maximum atomic E-state index is 11.7. The number of aromatic amines is 1. The van der Waals surface area contributed by atoms with Crippen molar-refractivity contribution in [2.75, 3.05) is 11.9 Å². The zero-order valence-corrected chi connectivity index (χ0v) is 15.7. The van der Waals surface area contributed by atoms with E-state index in [4.69, 9.17) is 9.47 Å². The van der Waals surface area contributed by atoms with E-state index in [2.05, 4.69) is 30.8 Å². The van der Waals surface area contributed by atoms with E-state index in [9.17, 15) is 4.79 Å². The third-order valence-corrected chi connectivity index (χ3v) is 4.93. The van der Waals surface area contributed by atoms with Gasteiger partial charge in [-0.25, -0.2) is 14.8 Å². The van der Waals surface area contributed by atoms with Crippen LogP contribution in [0, 0.1) is 0 Å². The Bertz CT molecular complexity index is 940. The molecule has 0 radical (unpaired) electrons. The van der Waals surface area contributed by atoms with Gasteiger partial charge in [-0.2, -0.15) is 5.10 Å². The van der Waals surface area contributed by atoms with E-state index in [1.165, 1.54) is 11.3 Å². The predicted octanol–water partition coefficient (Wildman–Crippen LogP) is 3.12. The molecule has 3 N–H and O–H groups in total. The van der Waals surface area contributed by atoms with Crippen LogP contribution in [0.5, 0.6) is 0 Å². The Morgan fingerprint density at radius 2 is 2.33 bits per heavy atom. The molecule has 4 heterocycles. The van der Waals surface area contributed by atoms with Gasteiger partial charge >= 0.3 is 6.09 Å². The summed E-state index contributed by atoms with van der Waals surface area (Å²) in [5.41, 5.74) is 3.51. The number of thiazole rings is 1. The van der Waals surface area contributed by atoms with Crippen molar-refractivity contribution in [2.24, 2.45) is 0 Å². The van der Waals surface area contributed by atoms with Crippen LogP contribution in [0.2, 0.25) is 0 Å². The molecule has 0 saturated carbocycles. The molecule has 1 aliphatic heterocycles. The van der Waals surface area contributed by atoms with E-state index < -0.39 is 6.09 Å². The Hall–Kier alpha value is -2.72. The van der Waals surface area contributed by atoms with Gasteiger partial charge in [-0.15, -0.1) is 11.3 Å². The number of fused-ring (bicyclic) bond motifs is 1. The summed E-state index contributed by atoms with van der Waals surface area (Å²) in [7, 11) is 0. The van der Waals surface area contributed by atoms with Crippen LogP contribution in [0.15, 0.2) is 23.8 Å². The number of nitrogens with one attached hydrogen (secondary N) is 3. The number of H-pyrrole nitrogens is 1. The molecule has 4 rings (SSSR count). The highest BCUT2D eigenvalue weighted by molar-refractivity contribution is 7.17. The normalized spacial score (nSPS) is 19.5. The van der Waals surface area contributed by atoms with Gasteiger partial charge in [-0.1, -0.05) is 0 Å². The van der Waals surface area contributed by atoms with E-state index >= 15 is 0 Å². The fourth-order valence-electron chi connectivity index (χ4n) is 2.89. The Morgan fingerprint density at radius 1 is 1.44 bits per heavy atom. The maximum absolute atomic E-state index is 11.7. The highest BCUT2D eigenvalue weighted by Crippen LogP contribution is 2.32. The lowest BCUT2D eigenvalue weighted by Gasteiger charge is -2.13. The van der Waals surface area contributed by atoms with Crippen LogP contribution in [0.3, 0.4) is 0 Å². The third-order valence-electron chi connectivity index (χ3n) is 4.08. The standard InChI is InChI=1S/C17H20N6O3S/c1-9(2)20-17(24)26-10-5-13(25-7-10)12-6-14(23-22-12)21-16-15-11(3-4-18-16)19-8-27-15/h3-4,6,8-10,13H,5,7H2,1-2H3,(H,20,24)(H2,18,21,22,23)/t10-,13-/m0/s1. The van der Waals surface area contributed by atoms with E-state index in [0.717, 1.165) is 15.9 Å². The SMILES string of the molecule is CC(C)NC(=O)O[C@@H]1CO[C@H](c2cc(Nc3nccc4ncsc34)n[nH]2)C1. The average molecular weight is 388 g/mol. The summed E-state index contributed by atoms with van der Waals surface area (Å²) in [6.07, 6.45) is 1.39. The van der Waals surface area contributed by atoms with Gasteiger partial charge in [0.15, 0.2) is 11.6 Å². The van der Waals surface area contributed by atoms with Gasteiger partial charge < -0.3 is 20.1 Å².